The van der Waals surface area contributed by atoms with E-state index in [0.717, 1.165) is 5.56 Å². The lowest BCUT2D eigenvalue weighted by Gasteiger charge is -2.13. The summed E-state index contributed by atoms with van der Waals surface area (Å²) in [6.45, 7) is 3.49. The van der Waals surface area contributed by atoms with Crippen LogP contribution in [0, 0.1) is 6.92 Å². The highest BCUT2D eigenvalue weighted by Gasteiger charge is 2.18. The third kappa shape index (κ3) is 4.09. The average Bonchev–Trinajstić information content (AvgIpc) is 2.50. The van der Waals surface area contributed by atoms with Crippen LogP contribution in [0.5, 0.6) is 0 Å². The molecule has 22 heavy (non-hydrogen) atoms. The van der Waals surface area contributed by atoms with Crippen molar-refractivity contribution >= 4 is 23.3 Å². The second-order valence-corrected chi connectivity index (χ2v) is 5.02. The van der Waals surface area contributed by atoms with Crippen LogP contribution in [-0.4, -0.2) is 18.0 Å². The van der Waals surface area contributed by atoms with Crippen LogP contribution in [0.25, 0.3) is 0 Å². The molecule has 5 nitrogen and oxygen atoms in total. The van der Waals surface area contributed by atoms with Crippen molar-refractivity contribution in [2.75, 3.05) is 11.1 Å². The zero-order valence-corrected chi connectivity index (χ0v) is 12.5. The minimum atomic E-state index is -0.897. The summed E-state index contributed by atoms with van der Waals surface area (Å²) in [5.41, 5.74) is 8.22. The highest BCUT2D eigenvalue weighted by molar-refractivity contribution is 5.97. The summed E-state index contributed by atoms with van der Waals surface area (Å²) in [5, 5.41) is 2.70. The molecule has 0 unspecified atom stereocenters. The number of rotatable bonds is 4. The number of hydrogen-bond donors (Lipinski definition) is 2. The zero-order valence-electron chi connectivity index (χ0n) is 12.5. The minimum Gasteiger partial charge on any atom is -0.449 e. The minimum absolute atomic E-state index is 0.351. The number of hydrogen-bond acceptors (Lipinski definition) is 4. The number of nitrogen functional groups attached to an aromatic ring is 1. The standard InChI is InChI=1S/C17H18N2O3/c1-11-3-9-15(10-4-11)19-16(20)12(2)22-17(21)13-5-7-14(18)8-6-13/h3-10,12H,18H2,1-2H3,(H,19,20)/t12-/m0/s1. The van der Waals surface area contributed by atoms with Gasteiger partial charge in [-0.05, 0) is 50.2 Å². The highest BCUT2D eigenvalue weighted by atomic mass is 16.5. The molecule has 0 saturated carbocycles. The average molecular weight is 298 g/mol. The summed E-state index contributed by atoms with van der Waals surface area (Å²) < 4.78 is 5.14. The van der Waals surface area contributed by atoms with E-state index < -0.39 is 12.1 Å². The summed E-state index contributed by atoms with van der Waals surface area (Å²) >= 11 is 0. The van der Waals surface area contributed by atoms with E-state index in [9.17, 15) is 9.59 Å². The SMILES string of the molecule is Cc1ccc(NC(=O)[C@H](C)OC(=O)c2ccc(N)cc2)cc1. The van der Waals surface area contributed by atoms with Gasteiger partial charge >= 0.3 is 5.97 Å². The van der Waals surface area contributed by atoms with Gasteiger partial charge in [0.05, 0.1) is 5.56 Å². The van der Waals surface area contributed by atoms with Gasteiger partial charge in [0, 0.05) is 11.4 Å². The molecule has 114 valence electrons. The Morgan fingerprint density at radius 1 is 1.05 bits per heavy atom. The smallest absolute Gasteiger partial charge is 0.338 e. The molecule has 0 heterocycles. The van der Waals surface area contributed by atoms with Gasteiger partial charge in [-0.15, -0.1) is 0 Å². The first-order chi connectivity index (χ1) is 10.5. The van der Waals surface area contributed by atoms with Crippen LogP contribution in [0.15, 0.2) is 48.5 Å². The van der Waals surface area contributed by atoms with Gasteiger partial charge in [-0.3, -0.25) is 4.79 Å². The van der Waals surface area contributed by atoms with Crippen molar-refractivity contribution in [1.82, 2.24) is 0 Å². The molecule has 0 radical (unpaired) electrons. The Balaban J connectivity index is 1.94. The third-order valence-corrected chi connectivity index (χ3v) is 3.12. The number of ether oxygens (including phenoxy) is 1. The molecule has 0 aliphatic heterocycles. The van der Waals surface area contributed by atoms with Gasteiger partial charge in [0.25, 0.3) is 5.91 Å². The van der Waals surface area contributed by atoms with Gasteiger partial charge in [-0.25, -0.2) is 4.79 Å². The van der Waals surface area contributed by atoms with Crippen LogP contribution >= 0.6 is 0 Å². The monoisotopic (exact) mass is 298 g/mol. The number of aryl methyl sites for hydroxylation is 1. The van der Waals surface area contributed by atoms with E-state index in [0.29, 0.717) is 16.9 Å². The van der Waals surface area contributed by atoms with Crippen molar-refractivity contribution in [1.29, 1.82) is 0 Å². The Labute approximate surface area is 129 Å². The first kappa shape index (κ1) is 15.6. The summed E-state index contributed by atoms with van der Waals surface area (Å²) in [6, 6.07) is 13.7. The van der Waals surface area contributed by atoms with Crippen LogP contribution in [0.2, 0.25) is 0 Å². The molecule has 1 atom stereocenters. The van der Waals surface area contributed by atoms with E-state index in [4.69, 9.17) is 10.5 Å². The zero-order chi connectivity index (χ0) is 16.1. The maximum Gasteiger partial charge on any atom is 0.338 e. The first-order valence-corrected chi connectivity index (χ1v) is 6.90. The van der Waals surface area contributed by atoms with E-state index in [1.165, 1.54) is 6.92 Å². The molecule has 5 heteroatoms. The van der Waals surface area contributed by atoms with Crippen molar-refractivity contribution in [3.63, 3.8) is 0 Å². The van der Waals surface area contributed by atoms with Crippen molar-refractivity contribution in [3.8, 4) is 0 Å². The van der Waals surface area contributed by atoms with Crippen molar-refractivity contribution in [2.24, 2.45) is 0 Å². The predicted octanol–water partition coefficient (Wildman–Crippen LogP) is 2.76. The van der Waals surface area contributed by atoms with Crippen LogP contribution in [0.3, 0.4) is 0 Å². The molecule has 3 N–H and O–H groups in total. The maximum absolute atomic E-state index is 12.0. The van der Waals surface area contributed by atoms with Gasteiger partial charge in [0.15, 0.2) is 6.10 Å². The lowest BCUT2D eigenvalue weighted by molar-refractivity contribution is -0.123. The van der Waals surface area contributed by atoms with Crippen LogP contribution < -0.4 is 11.1 Å². The normalized spacial score (nSPS) is 11.5. The summed E-state index contributed by atoms with van der Waals surface area (Å²) in [4.78, 5) is 23.9. The highest BCUT2D eigenvalue weighted by Crippen LogP contribution is 2.11. The van der Waals surface area contributed by atoms with Crippen LogP contribution in [0.4, 0.5) is 11.4 Å². The maximum atomic E-state index is 12.0. The number of benzene rings is 2. The number of amides is 1. The Morgan fingerprint density at radius 3 is 2.23 bits per heavy atom. The van der Waals surface area contributed by atoms with Gasteiger partial charge in [-0.2, -0.15) is 0 Å². The van der Waals surface area contributed by atoms with Gasteiger partial charge < -0.3 is 15.8 Å². The Hall–Kier alpha value is -2.82. The Bertz CT molecular complexity index is 663. The number of esters is 1. The van der Waals surface area contributed by atoms with Gasteiger partial charge in [-0.1, -0.05) is 17.7 Å². The fourth-order valence-corrected chi connectivity index (χ4v) is 1.78. The molecule has 2 aromatic carbocycles. The molecule has 0 saturated heterocycles. The summed E-state index contributed by atoms with van der Waals surface area (Å²) in [6.07, 6.45) is -0.897. The molecule has 0 bridgehead atoms. The second kappa shape index (κ2) is 6.76. The van der Waals surface area contributed by atoms with Crippen molar-refractivity contribution < 1.29 is 14.3 Å². The fraction of sp³-hybridized carbons (Fsp3) is 0.176. The molecule has 0 fully saturated rings. The van der Waals surface area contributed by atoms with Crippen molar-refractivity contribution in [2.45, 2.75) is 20.0 Å². The summed E-state index contributed by atoms with van der Waals surface area (Å²) in [7, 11) is 0. The molecular weight excluding hydrogens is 280 g/mol. The number of nitrogens with one attached hydrogen (secondary N) is 1. The Morgan fingerprint density at radius 2 is 1.64 bits per heavy atom. The lowest BCUT2D eigenvalue weighted by atomic mass is 10.2. The predicted molar refractivity (Wildman–Crippen MR) is 85.5 cm³/mol. The molecule has 0 aromatic heterocycles. The quantitative estimate of drug-likeness (QED) is 0.671. The van der Waals surface area contributed by atoms with Crippen molar-refractivity contribution in [3.05, 3.63) is 59.7 Å². The molecule has 0 aliphatic rings. The number of carbonyl (C=O) groups is 2. The number of nitrogens with two attached hydrogens (primary N) is 1. The van der Waals surface area contributed by atoms with E-state index in [2.05, 4.69) is 5.32 Å². The molecule has 1 amide bonds. The van der Waals surface area contributed by atoms with E-state index in [1.54, 1.807) is 36.4 Å². The lowest BCUT2D eigenvalue weighted by Crippen LogP contribution is -2.30. The number of anilines is 2. The summed E-state index contributed by atoms with van der Waals surface area (Å²) in [5.74, 6) is -0.945. The molecule has 2 rings (SSSR count). The van der Waals surface area contributed by atoms with E-state index in [1.807, 2.05) is 19.1 Å². The Kier molecular flexibility index (Phi) is 4.78. The third-order valence-electron chi connectivity index (χ3n) is 3.12. The van der Waals surface area contributed by atoms with Crippen LogP contribution in [0.1, 0.15) is 22.8 Å². The first-order valence-electron chi connectivity index (χ1n) is 6.90. The largest absolute Gasteiger partial charge is 0.449 e. The molecule has 0 spiro atoms. The second-order valence-electron chi connectivity index (χ2n) is 5.02. The molecule has 0 aliphatic carbocycles. The van der Waals surface area contributed by atoms with E-state index in [-0.39, 0.29) is 5.91 Å². The van der Waals surface area contributed by atoms with Gasteiger partial charge in [0.1, 0.15) is 0 Å². The van der Waals surface area contributed by atoms with Gasteiger partial charge in [0.2, 0.25) is 0 Å². The molecule has 2 aromatic rings. The number of carbonyl (C=O) groups excluding carboxylic acids is 2. The topological polar surface area (TPSA) is 81.4 Å². The fourth-order valence-electron chi connectivity index (χ4n) is 1.78. The van der Waals surface area contributed by atoms with Crippen LogP contribution in [-0.2, 0) is 9.53 Å². The van der Waals surface area contributed by atoms with E-state index >= 15 is 0 Å². The molecular formula is C17H18N2O3.